The van der Waals surface area contributed by atoms with Crippen LogP contribution in [0.25, 0.3) is 11.3 Å². The largest absolute Gasteiger partial charge is 0.772 e. The Balaban J connectivity index is 1.88. The van der Waals surface area contributed by atoms with Crippen molar-refractivity contribution in [3.8, 4) is 5.75 Å². The van der Waals surface area contributed by atoms with Crippen LogP contribution < -0.4 is 4.74 Å². The van der Waals surface area contributed by atoms with Crippen LogP contribution in [0.2, 0.25) is 5.15 Å². The van der Waals surface area contributed by atoms with Gasteiger partial charge in [-0.15, -0.1) is 0 Å². The van der Waals surface area contributed by atoms with Crippen LogP contribution in [0.1, 0.15) is 28.2 Å². The van der Waals surface area contributed by atoms with Crippen molar-refractivity contribution >= 4 is 40.3 Å². The molecule has 0 aliphatic carbocycles. The van der Waals surface area contributed by atoms with Gasteiger partial charge in [0.25, 0.3) is 0 Å². The number of aromatic nitrogens is 1. The fourth-order valence-electron chi connectivity index (χ4n) is 3.38. The average molecular weight is 425 g/mol. The highest BCUT2D eigenvalue weighted by Crippen LogP contribution is 2.45. The van der Waals surface area contributed by atoms with Crippen molar-refractivity contribution in [2.45, 2.75) is 11.7 Å². The standard InChI is InChI=1S/C22H16ClNO4S/c23-20-10-9-16(11-24-20)21-18(12-25)17-3-1-2-4-19(17)28-22(21)15-7-5-14(6-8-15)13-29(26)27/h1-12,18H,13H2,(H,26,27)/p-1. The van der Waals surface area contributed by atoms with Gasteiger partial charge in [-0.05, 0) is 23.8 Å². The number of carbonyl (C=O) groups excluding carboxylic acids is 1. The predicted molar refractivity (Wildman–Crippen MR) is 111 cm³/mol. The summed E-state index contributed by atoms with van der Waals surface area (Å²) in [5, 5.41) is 0.352. The SMILES string of the molecule is O=CC1C(c2ccc(Cl)nc2)=C(c2ccc(CS(=O)[O-])cc2)Oc2ccccc21. The first-order valence-electron chi connectivity index (χ1n) is 8.80. The summed E-state index contributed by atoms with van der Waals surface area (Å²) in [6, 6.07) is 17.9. The van der Waals surface area contributed by atoms with Crippen molar-refractivity contribution < 1.29 is 18.3 Å². The number of carbonyl (C=O) groups is 1. The Hall–Kier alpha value is -2.80. The third kappa shape index (κ3) is 4.00. The van der Waals surface area contributed by atoms with Crippen LogP contribution in [0.5, 0.6) is 5.75 Å². The normalized spacial score (nSPS) is 16.7. The van der Waals surface area contributed by atoms with Crippen LogP contribution in [0.3, 0.4) is 0 Å². The molecular formula is C22H15ClNO4S-. The lowest BCUT2D eigenvalue weighted by molar-refractivity contribution is -0.108. The highest BCUT2D eigenvalue weighted by molar-refractivity contribution is 7.78. The van der Waals surface area contributed by atoms with Gasteiger partial charge in [0.05, 0.1) is 5.92 Å². The zero-order valence-electron chi connectivity index (χ0n) is 15.1. The summed E-state index contributed by atoms with van der Waals surface area (Å²) in [6.07, 6.45) is 2.50. The summed E-state index contributed by atoms with van der Waals surface area (Å²) >= 11 is 3.77. The number of fused-ring (bicyclic) bond motifs is 1. The number of pyridine rings is 1. The Kier molecular flexibility index (Phi) is 5.58. The van der Waals surface area contributed by atoms with Crippen molar-refractivity contribution in [1.29, 1.82) is 0 Å². The van der Waals surface area contributed by atoms with Crippen LogP contribution in [0, 0.1) is 0 Å². The molecule has 29 heavy (non-hydrogen) atoms. The van der Waals surface area contributed by atoms with Crippen LogP contribution >= 0.6 is 11.6 Å². The fourth-order valence-corrected chi connectivity index (χ4v) is 3.96. The number of benzene rings is 2. The number of hydrogen-bond acceptors (Lipinski definition) is 5. The maximum atomic E-state index is 12.1. The van der Waals surface area contributed by atoms with E-state index < -0.39 is 17.0 Å². The molecule has 0 saturated carbocycles. The molecule has 7 heteroatoms. The predicted octanol–water partition coefficient (Wildman–Crippen LogP) is 4.36. The highest BCUT2D eigenvalue weighted by Gasteiger charge is 2.31. The molecule has 146 valence electrons. The van der Waals surface area contributed by atoms with Crippen molar-refractivity contribution in [2.75, 3.05) is 0 Å². The summed E-state index contributed by atoms with van der Waals surface area (Å²) < 4.78 is 28.1. The minimum Gasteiger partial charge on any atom is -0.772 e. The molecule has 1 aliphatic rings. The second kappa shape index (κ2) is 8.29. The Morgan fingerprint density at radius 2 is 1.79 bits per heavy atom. The molecular weight excluding hydrogens is 410 g/mol. The molecule has 0 bridgehead atoms. The molecule has 0 fully saturated rings. The van der Waals surface area contributed by atoms with Crippen LogP contribution in [-0.2, 0) is 21.6 Å². The van der Waals surface area contributed by atoms with Gasteiger partial charge in [-0.2, -0.15) is 0 Å². The molecule has 1 aliphatic heterocycles. The summed E-state index contributed by atoms with van der Waals surface area (Å²) in [4.78, 5) is 16.3. The van der Waals surface area contributed by atoms with E-state index in [4.69, 9.17) is 16.3 Å². The van der Waals surface area contributed by atoms with E-state index in [-0.39, 0.29) is 5.75 Å². The number of para-hydroxylation sites is 1. The van der Waals surface area contributed by atoms with Crippen LogP contribution in [-0.4, -0.2) is 20.0 Å². The molecule has 2 atom stereocenters. The summed E-state index contributed by atoms with van der Waals surface area (Å²) in [7, 11) is 0. The monoisotopic (exact) mass is 424 g/mol. The molecule has 0 amide bonds. The first-order valence-corrected chi connectivity index (χ1v) is 10.4. The number of allylic oxidation sites excluding steroid dienone is 1. The lowest BCUT2D eigenvalue weighted by atomic mass is 9.84. The lowest BCUT2D eigenvalue weighted by Gasteiger charge is -2.28. The highest BCUT2D eigenvalue weighted by atomic mass is 35.5. The molecule has 0 spiro atoms. The molecule has 3 aromatic rings. The number of rotatable bonds is 5. The fraction of sp³-hybridized carbons (Fsp3) is 0.0909. The van der Waals surface area contributed by atoms with E-state index in [2.05, 4.69) is 4.98 Å². The number of hydrogen-bond donors (Lipinski definition) is 0. The topological polar surface area (TPSA) is 79.3 Å². The number of halogens is 1. The Morgan fingerprint density at radius 1 is 1.07 bits per heavy atom. The molecule has 0 radical (unpaired) electrons. The van der Waals surface area contributed by atoms with Crippen molar-refractivity contribution in [1.82, 2.24) is 4.98 Å². The van der Waals surface area contributed by atoms with E-state index in [1.54, 1.807) is 42.6 Å². The van der Waals surface area contributed by atoms with E-state index >= 15 is 0 Å². The maximum Gasteiger partial charge on any atom is 0.139 e. The zero-order chi connectivity index (χ0) is 20.4. The lowest BCUT2D eigenvalue weighted by Crippen LogP contribution is -2.16. The van der Waals surface area contributed by atoms with Gasteiger partial charge in [0.1, 0.15) is 22.9 Å². The molecule has 0 N–H and O–H groups in total. The smallest absolute Gasteiger partial charge is 0.139 e. The quantitative estimate of drug-likeness (QED) is 0.345. The Labute approximate surface area is 175 Å². The third-order valence-electron chi connectivity index (χ3n) is 4.70. The Bertz CT molecular complexity index is 1110. The van der Waals surface area contributed by atoms with Gasteiger partial charge in [0.2, 0.25) is 0 Å². The molecule has 0 saturated heterocycles. The van der Waals surface area contributed by atoms with Crippen molar-refractivity contribution in [3.63, 3.8) is 0 Å². The second-order valence-corrected chi connectivity index (χ2v) is 7.79. The molecule has 1 aromatic heterocycles. The van der Waals surface area contributed by atoms with Gasteiger partial charge in [-0.1, -0.05) is 65.1 Å². The maximum absolute atomic E-state index is 12.1. The summed E-state index contributed by atoms with van der Waals surface area (Å²) in [5.41, 5.74) is 3.58. The second-order valence-electron chi connectivity index (χ2n) is 6.51. The molecule has 2 unspecified atom stereocenters. The van der Waals surface area contributed by atoms with Gasteiger partial charge >= 0.3 is 0 Å². The van der Waals surface area contributed by atoms with E-state index in [0.29, 0.717) is 27.8 Å². The van der Waals surface area contributed by atoms with Crippen molar-refractivity contribution in [2.24, 2.45) is 0 Å². The first kappa shape index (κ1) is 19.5. The number of nitrogens with zero attached hydrogens (tertiary/aromatic N) is 1. The summed E-state index contributed by atoms with van der Waals surface area (Å²) in [6.45, 7) is 0. The molecule has 2 aromatic carbocycles. The van der Waals surface area contributed by atoms with E-state index in [1.807, 2.05) is 24.3 Å². The van der Waals surface area contributed by atoms with Crippen molar-refractivity contribution in [3.05, 3.63) is 94.3 Å². The van der Waals surface area contributed by atoms with Gasteiger partial charge < -0.3 is 14.1 Å². The molecule has 2 heterocycles. The summed E-state index contributed by atoms with van der Waals surface area (Å²) in [5.74, 6) is 0.537. The van der Waals surface area contributed by atoms with Gasteiger partial charge in [0, 0.05) is 34.2 Å². The van der Waals surface area contributed by atoms with Gasteiger partial charge in [-0.3, -0.25) is 4.21 Å². The van der Waals surface area contributed by atoms with E-state index in [9.17, 15) is 13.6 Å². The third-order valence-corrected chi connectivity index (χ3v) is 5.49. The number of ether oxygens (including phenoxy) is 1. The minimum absolute atomic E-state index is 0.0616. The van der Waals surface area contributed by atoms with Gasteiger partial charge in [0.15, 0.2) is 0 Å². The van der Waals surface area contributed by atoms with Crippen LogP contribution in [0.15, 0.2) is 66.9 Å². The molecule has 5 nitrogen and oxygen atoms in total. The minimum atomic E-state index is -2.16. The first-order chi connectivity index (χ1) is 14.1. The zero-order valence-corrected chi connectivity index (χ0v) is 16.7. The number of aldehydes is 1. The van der Waals surface area contributed by atoms with Crippen LogP contribution in [0.4, 0.5) is 0 Å². The average Bonchev–Trinajstić information content (AvgIpc) is 2.73. The van der Waals surface area contributed by atoms with E-state index in [1.165, 1.54) is 0 Å². The molecule has 4 rings (SSSR count). The van der Waals surface area contributed by atoms with Gasteiger partial charge in [-0.25, -0.2) is 4.98 Å². The Morgan fingerprint density at radius 3 is 2.45 bits per heavy atom. The van der Waals surface area contributed by atoms with E-state index in [0.717, 1.165) is 23.0 Å².